The maximum atomic E-state index is 13.3. The van der Waals surface area contributed by atoms with E-state index in [1.54, 1.807) is 32.1 Å². The van der Waals surface area contributed by atoms with E-state index in [0.29, 0.717) is 12.0 Å². The Morgan fingerprint density at radius 2 is 1.77 bits per heavy atom. The molecule has 0 fully saturated rings. The van der Waals surface area contributed by atoms with Crippen LogP contribution in [0.5, 0.6) is 0 Å². The summed E-state index contributed by atoms with van der Waals surface area (Å²) < 4.78 is 21.7. The van der Waals surface area contributed by atoms with Crippen molar-refractivity contribution in [2.24, 2.45) is 17.6 Å². The zero-order valence-electron chi connectivity index (χ0n) is 24.1. The predicted octanol–water partition coefficient (Wildman–Crippen LogP) is 2.41. The van der Waals surface area contributed by atoms with Gasteiger partial charge in [0.25, 0.3) is 5.91 Å². The molecule has 11 nitrogen and oxygen atoms in total. The van der Waals surface area contributed by atoms with Crippen LogP contribution in [0.1, 0.15) is 40.5 Å². The van der Waals surface area contributed by atoms with Crippen molar-refractivity contribution in [3.05, 3.63) is 58.6 Å². The smallest absolute Gasteiger partial charge is 0.405 e. The molecule has 40 heavy (non-hydrogen) atoms. The van der Waals surface area contributed by atoms with E-state index < -0.39 is 53.9 Å². The number of fused-ring (bicyclic) bond motifs is 2. The fourth-order valence-electron chi connectivity index (χ4n) is 4.78. The fraction of sp³-hybridized carbons (Fsp3) is 0.517. The Kier molecular flexibility index (Phi) is 12.0. The van der Waals surface area contributed by atoms with E-state index in [0.717, 1.165) is 6.08 Å². The molecule has 2 bridgehead atoms. The Labute approximate surface area is 234 Å². The van der Waals surface area contributed by atoms with Crippen LogP contribution in [-0.4, -0.2) is 74.4 Å². The largest absolute Gasteiger partial charge is 0.492 e. The average molecular weight is 561 g/mol. The van der Waals surface area contributed by atoms with Crippen LogP contribution in [-0.2, 0) is 33.3 Å². The zero-order chi connectivity index (χ0) is 30.1. The number of Topliss-reactive ketones (excluding diaryl/α,β-unsaturated/α-hetero) is 1. The van der Waals surface area contributed by atoms with Gasteiger partial charge in [0.05, 0.1) is 25.0 Å². The highest BCUT2D eigenvalue weighted by Gasteiger charge is 2.34. The number of rotatable bonds is 4. The number of hydrogen-bond acceptors (Lipinski definition) is 9. The Balaban J connectivity index is 2.60. The highest BCUT2D eigenvalue weighted by Crippen LogP contribution is 2.29. The fourth-order valence-corrected chi connectivity index (χ4v) is 4.78. The van der Waals surface area contributed by atoms with Crippen molar-refractivity contribution in [1.29, 1.82) is 0 Å². The summed E-state index contributed by atoms with van der Waals surface area (Å²) in [5.41, 5.74) is 6.12. The number of carbonyl (C=O) groups is 4. The first kappa shape index (κ1) is 32.7. The third kappa shape index (κ3) is 8.23. The molecule has 1 aliphatic carbocycles. The van der Waals surface area contributed by atoms with E-state index in [1.165, 1.54) is 34.3 Å². The quantitative estimate of drug-likeness (QED) is 0.346. The Morgan fingerprint density at radius 3 is 2.35 bits per heavy atom. The maximum Gasteiger partial charge on any atom is 0.405 e. The number of carbonyl (C=O) groups excluding carboxylic acids is 4. The lowest BCUT2D eigenvalue weighted by molar-refractivity contribution is -0.120. The number of primary amides is 1. The second-order valence-electron chi connectivity index (χ2n) is 10.1. The normalized spacial score (nSPS) is 32.7. The van der Waals surface area contributed by atoms with Gasteiger partial charge in [-0.05, 0) is 38.2 Å². The van der Waals surface area contributed by atoms with Crippen molar-refractivity contribution in [3.63, 3.8) is 0 Å². The van der Waals surface area contributed by atoms with E-state index in [-0.39, 0.29) is 34.9 Å². The maximum absolute atomic E-state index is 13.3. The molecule has 0 unspecified atom stereocenters. The number of aliphatic hydroxyl groups is 1. The summed E-state index contributed by atoms with van der Waals surface area (Å²) in [7, 11) is 4.21. The van der Waals surface area contributed by atoms with Crippen LogP contribution in [0.3, 0.4) is 0 Å². The molecule has 0 saturated carbocycles. The highest BCUT2D eigenvalue weighted by molar-refractivity contribution is 6.23. The van der Waals surface area contributed by atoms with Gasteiger partial charge in [0, 0.05) is 37.4 Å². The van der Waals surface area contributed by atoms with Crippen LogP contribution in [0.2, 0.25) is 0 Å². The SMILES string of the molecule is COC1=C2C[C@H](C)C[C@H](OC)[C@H](O)[C@@H](C)/C=C(\C)[C@H](OC(N)=O)[C@H](OC)/C=C/C=C(\C)C(=O)NC(=CC1=O)C2=O. The van der Waals surface area contributed by atoms with Crippen molar-refractivity contribution >= 4 is 23.6 Å². The van der Waals surface area contributed by atoms with Gasteiger partial charge in [0.15, 0.2) is 11.9 Å². The lowest BCUT2D eigenvalue weighted by Gasteiger charge is -2.29. The van der Waals surface area contributed by atoms with Crippen LogP contribution < -0.4 is 11.1 Å². The van der Waals surface area contributed by atoms with Gasteiger partial charge in [-0.2, -0.15) is 0 Å². The number of allylic oxidation sites excluding steroid dienone is 4. The zero-order valence-corrected chi connectivity index (χ0v) is 24.1. The molecule has 220 valence electrons. The molecule has 0 radical (unpaired) electrons. The number of ether oxygens (including phenoxy) is 4. The van der Waals surface area contributed by atoms with Gasteiger partial charge in [-0.15, -0.1) is 0 Å². The first-order valence-electron chi connectivity index (χ1n) is 13.0. The molecule has 4 N–H and O–H groups in total. The lowest BCUT2D eigenvalue weighted by atomic mass is 9.85. The Morgan fingerprint density at radius 1 is 1.10 bits per heavy atom. The van der Waals surface area contributed by atoms with Gasteiger partial charge in [-0.1, -0.05) is 38.2 Å². The van der Waals surface area contributed by atoms with Gasteiger partial charge in [-0.25, -0.2) is 4.79 Å². The molecule has 1 aliphatic heterocycles. The van der Waals surface area contributed by atoms with Crippen molar-refractivity contribution in [1.82, 2.24) is 5.32 Å². The molecule has 0 saturated heterocycles. The van der Waals surface area contributed by atoms with E-state index in [1.807, 2.05) is 6.92 Å². The van der Waals surface area contributed by atoms with Gasteiger partial charge in [0.2, 0.25) is 11.6 Å². The number of nitrogens with two attached hydrogens (primary N) is 1. The van der Waals surface area contributed by atoms with E-state index in [4.69, 9.17) is 24.7 Å². The van der Waals surface area contributed by atoms with Crippen LogP contribution in [0.15, 0.2) is 58.6 Å². The third-order valence-electron chi connectivity index (χ3n) is 6.95. The first-order chi connectivity index (χ1) is 18.8. The minimum atomic E-state index is -1.00. The number of hydrogen-bond donors (Lipinski definition) is 3. The molecule has 0 spiro atoms. The summed E-state index contributed by atoms with van der Waals surface area (Å²) in [4.78, 5) is 50.6. The minimum Gasteiger partial charge on any atom is -0.492 e. The van der Waals surface area contributed by atoms with Crippen LogP contribution in [0.4, 0.5) is 4.79 Å². The molecule has 6 atom stereocenters. The second-order valence-corrected chi connectivity index (χ2v) is 10.1. The molecular weight excluding hydrogens is 520 g/mol. The number of amides is 2. The number of ketones is 2. The molecule has 1 heterocycles. The summed E-state index contributed by atoms with van der Waals surface area (Å²) in [5, 5.41) is 13.7. The summed E-state index contributed by atoms with van der Waals surface area (Å²) in [6, 6.07) is 0. The molecule has 0 aromatic rings. The molecule has 2 amide bonds. The lowest BCUT2D eigenvalue weighted by Crippen LogP contribution is -2.37. The monoisotopic (exact) mass is 560 g/mol. The average Bonchev–Trinajstić information content (AvgIpc) is 2.90. The molecule has 0 aromatic heterocycles. The topological polar surface area (TPSA) is 163 Å². The van der Waals surface area contributed by atoms with Crippen LogP contribution in [0.25, 0.3) is 0 Å². The van der Waals surface area contributed by atoms with Crippen LogP contribution in [0, 0.1) is 11.8 Å². The van der Waals surface area contributed by atoms with Crippen molar-refractivity contribution in [3.8, 4) is 0 Å². The van der Waals surface area contributed by atoms with Crippen molar-refractivity contribution < 1.29 is 43.2 Å². The van der Waals surface area contributed by atoms with Crippen molar-refractivity contribution in [2.75, 3.05) is 21.3 Å². The summed E-state index contributed by atoms with van der Waals surface area (Å²) in [6.07, 6.45) is 3.61. The van der Waals surface area contributed by atoms with E-state index >= 15 is 0 Å². The minimum absolute atomic E-state index is 0.0801. The first-order valence-corrected chi connectivity index (χ1v) is 13.0. The van der Waals surface area contributed by atoms with Crippen molar-refractivity contribution in [2.45, 2.75) is 65.0 Å². The Bertz CT molecular complexity index is 1150. The molecular formula is C29H40N2O9. The predicted molar refractivity (Wildman–Crippen MR) is 147 cm³/mol. The Hall–Kier alpha value is -3.54. The number of aliphatic hydroxyl groups excluding tert-OH is 1. The summed E-state index contributed by atoms with van der Waals surface area (Å²) in [6.45, 7) is 6.92. The summed E-state index contributed by atoms with van der Waals surface area (Å²) >= 11 is 0. The van der Waals surface area contributed by atoms with E-state index in [9.17, 15) is 24.3 Å². The third-order valence-corrected chi connectivity index (χ3v) is 6.95. The van der Waals surface area contributed by atoms with E-state index in [2.05, 4.69) is 5.32 Å². The van der Waals surface area contributed by atoms with Gasteiger partial charge >= 0.3 is 6.09 Å². The molecule has 0 aromatic carbocycles. The van der Waals surface area contributed by atoms with Gasteiger partial charge in [0.1, 0.15) is 6.10 Å². The second kappa shape index (κ2) is 14.7. The number of nitrogens with one attached hydrogen (secondary N) is 1. The van der Waals surface area contributed by atoms with Crippen LogP contribution >= 0.6 is 0 Å². The standard InChI is InChI=1S/C29H40N2O9/c1-15-11-19-25(34)20(14-21(32)27(19)39-7)31-28(35)16(2)9-8-10-22(37-5)26(40-29(30)36)18(4)13-17(3)24(33)23(12-15)38-6/h8-10,13-15,17,22-24,26,33H,11-12H2,1-7H3,(H2,30,36)(H,31,35)/b10-8+,16-9+,18-13+/t15-,17-,22+,23-,24+,26-/m0/s1. The van der Waals surface area contributed by atoms with Gasteiger partial charge < -0.3 is 35.1 Å². The highest BCUT2D eigenvalue weighted by atomic mass is 16.6. The molecule has 11 heteroatoms. The summed E-state index contributed by atoms with van der Waals surface area (Å²) in [5.74, 6) is -2.39. The van der Waals surface area contributed by atoms with Gasteiger partial charge in [-0.3, -0.25) is 14.4 Å². The number of methoxy groups -OCH3 is 3. The molecule has 2 aliphatic rings. The molecule has 2 rings (SSSR count).